The van der Waals surface area contributed by atoms with Crippen LogP contribution in [0.3, 0.4) is 0 Å². The maximum Gasteiger partial charge on any atom is 0.387 e. The molecular formula is C23H29F2N3O4. The Balaban J connectivity index is 1.32. The largest absolute Gasteiger partial charge is 0.434 e. The van der Waals surface area contributed by atoms with E-state index < -0.39 is 12.5 Å². The molecule has 7 nitrogen and oxygen atoms in total. The van der Waals surface area contributed by atoms with Crippen molar-refractivity contribution in [1.29, 1.82) is 0 Å². The van der Waals surface area contributed by atoms with E-state index in [1.165, 1.54) is 18.2 Å². The molecule has 0 radical (unpaired) electrons. The quantitative estimate of drug-likeness (QED) is 0.724. The molecule has 1 unspecified atom stereocenters. The molecule has 1 atom stereocenters. The van der Waals surface area contributed by atoms with Crippen LogP contribution in [0.2, 0.25) is 0 Å². The molecule has 3 aliphatic rings. The van der Waals surface area contributed by atoms with Crippen molar-refractivity contribution in [1.82, 2.24) is 15.1 Å². The molecule has 1 aliphatic carbocycles. The SMILES string of the molecule is O=C(NC1CCN(C(=O)C2CCCN(C(=O)c3ccccc3OC(F)F)C2)CC1)C1CC1. The molecule has 3 amide bonds. The number of nitrogens with zero attached hydrogens (tertiary/aromatic N) is 2. The molecule has 174 valence electrons. The van der Waals surface area contributed by atoms with Crippen LogP contribution < -0.4 is 10.1 Å². The molecule has 3 fully saturated rings. The molecule has 9 heteroatoms. The van der Waals surface area contributed by atoms with Gasteiger partial charge in [-0.1, -0.05) is 12.1 Å². The minimum absolute atomic E-state index is 0.0200. The summed E-state index contributed by atoms with van der Waals surface area (Å²) in [5, 5.41) is 3.08. The first kappa shape index (κ1) is 22.5. The number of para-hydroxylation sites is 1. The lowest BCUT2D eigenvalue weighted by molar-refractivity contribution is -0.138. The van der Waals surface area contributed by atoms with Crippen LogP contribution in [0.1, 0.15) is 48.9 Å². The van der Waals surface area contributed by atoms with Crippen LogP contribution in [0.15, 0.2) is 24.3 Å². The van der Waals surface area contributed by atoms with E-state index in [4.69, 9.17) is 0 Å². The number of rotatable bonds is 6. The fraction of sp³-hybridized carbons (Fsp3) is 0.609. The number of piperidine rings is 2. The molecule has 1 saturated carbocycles. The van der Waals surface area contributed by atoms with E-state index >= 15 is 0 Å². The van der Waals surface area contributed by atoms with Gasteiger partial charge in [-0.25, -0.2) is 0 Å². The third-order valence-corrected chi connectivity index (χ3v) is 6.49. The second-order valence-corrected chi connectivity index (χ2v) is 8.85. The lowest BCUT2D eigenvalue weighted by Gasteiger charge is -2.38. The molecule has 0 spiro atoms. The first-order chi connectivity index (χ1) is 15.4. The van der Waals surface area contributed by atoms with Crippen LogP contribution in [0.4, 0.5) is 8.78 Å². The van der Waals surface area contributed by atoms with Gasteiger partial charge in [0.15, 0.2) is 0 Å². The normalized spacial score (nSPS) is 22.0. The summed E-state index contributed by atoms with van der Waals surface area (Å²) in [5.74, 6) is -0.541. The fourth-order valence-corrected chi connectivity index (χ4v) is 4.54. The van der Waals surface area contributed by atoms with Crippen molar-refractivity contribution in [2.75, 3.05) is 26.2 Å². The summed E-state index contributed by atoms with van der Waals surface area (Å²) in [6.07, 6.45) is 4.78. The van der Waals surface area contributed by atoms with E-state index in [0.29, 0.717) is 32.5 Å². The number of amides is 3. The van der Waals surface area contributed by atoms with Crippen molar-refractivity contribution in [2.45, 2.75) is 51.2 Å². The Labute approximate surface area is 186 Å². The molecule has 0 aromatic heterocycles. The molecule has 32 heavy (non-hydrogen) atoms. The third-order valence-electron chi connectivity index (χ3n) is 6.49. The van der Waals surface area contributed by atoms with Crippen molar-refractivity contribution >= 4 is 17.7 Å². The Hall–Kier alpha value is -2.71. The van der Waals surface area contributed by atoms with Gasteiger partial charge in [0.05, 0.1) is 11.5 Å². The van der Waals surface area contributed by atoms with Gasteiger partial charge in [-0.3, -0.25) is 14.4 Å². The Kier molecular flexibility index (Phi) is 6.91. The first-order valence-electron chi connectivity index (χ1n) is 11.3. The third kappa shape index (κ3) is 5.37. The summed E-state index contributed by atoms with van der Waals surface area (Å²) in [4.78, 5) is 41.4. The van der Waals surface area contributed by atoms with Crippen molar-refractivity contribution in [3.8, 4) is 5.75 Å². The predicted octanol–water partition coefficient (Wildman–Crippen LogP) is 2.66. The molecule has 1 aromatic carbocycles. The zero-order valence-corrected chi connectivity index (χ0v) is 18.0. The van der Waals surface area contributed by atoms with Crippen molar-refractivity contribution in [3.63, 3.8) is 0 Å². The average Bonchev–Trinajstić information content (AvgIpc) is 3.64. The van der Waals surface area contributed by atoms with Gasteiger partial charge in [-0.2, -0.15) is 8.78 Å². The van der Waals surface area contributed by atoms with Gasteiger partial charge in [0, 0.05) is 38.1 Å². The molecular weight excluding hydrogens is 420 g/mol. The zero-order valence-electron chi connectivity index (χ0n) is 18.0. The maximum atomic E-state index is 13.1. The lowest BCUT2D eigenvalue weighted by Crippen LogP contribution is -2.51. The van der Waals surface area contributed by atoms with Gasteiger partial charge in [0.1, 0.15) is 5.75 Å². The molecule has 1 aromatic rings. The van der Waals surface area contributed by atoms with Gasteiger partial charge in [-0.15, -0.1) is 0 Å². The van der Waals surface area contributed by atoms with Gasteiger partial charge >= 0.3 is 6.61 Å². The van der Waals surface area contributed by atoms with Crippen molar-refractivity contribution < 1.29 is 27.9 Å². The van der Waals surface area contributed by atoms with Crippen LogP contribution in [-0.4, -0.2) is 66.4 Å². The number of halogens is 2. The summed E-state index contributed by atoms with van der Waals surface area (Å²) in [6, 6.07) is 6.06. The number of carbonyl (C=O) groups is 3. The number of hydrogen-bond acceptors (Lipinski definition) is 4. The Morgan fingerprint density at radius 1 is 0.938 bits per heavy atom. The highest BCUT2D eigenvalue weighted by atomic mass is 19.3. The van der Waals surface area contributed by atoms with E-state index in [2.05, 4.69) is 10.1 Å². The van der Waals surface area contributed by atoms with E-state index in [9.17, 15) is 23.2 Å². The monoisotopic (exact) mass is 449 g/mol. The Morgan fingerprint density at radius 2 is 1.66 bits per heavy atom. The van der Waals surface area contributed by atoms with E-state index in [0.717, 1.165) is 25.7 Å². The highest BCUT2D eigenvalue weighted by Crippen LogP contribution is 2.30. The lowest BCUT2D eigenvalue weighted by atomic mass is 9.94. The second-order valence-electron chi connectivity index (χ2n) is 8.85. The smallest absolute Gasteiger partial charge is 0.387 e. The number of ether oxygens (including phenoxy) is 1. The summed E-state index contributed by atoms with van der Waals surface area (Å²) < 4.78 is 29.9. The summed E-state index contributed by atoms with van der Waals surface area (Å²) >= 11 is 0. The van der Waals surface area contributed by atoms with E-state index in [1.54, 1.807) is 11.0 Å². The minimum Gasteiger partial charge on any atom is -0.434 e. The average molecular weight is 449 g/mol. The highest BCUT2D eigenvalue weighted by molar-refractivity contribution is 5.97. The molecule has 2 saturated heterocycles. The summed E-state index contributed by atoms with van der Waals surface area (Å²) in [6.45, 7) is -1.11. The number of nitrogens with one attached hydrogen (secondary N) is 1. The number of hydrogen-bond donors (Lipinski definition) is 1. The van der Waals surface area contributed by atoms with Crippen molar-refractivity contribution in [2.24, 2.45) is 11.8 Å². The van der Waals surface area contributed by atoms with E-state index in [1.807, 2.05) is 4.90 Å². The Bertz CT molecular complexity index is 853. The van der Waals surface area contributed by atoms with Crippen LogP contribution in [-0.2, 0) is 9.59 Å². The van der Waals surface area contributed by atoms with E-state index in [-0.39, 0.29) is 47.5 Å². The van der Waals surface area contributed by atoms with Crippen LogP contribution in [0.25, 0.3) is 0 Å². The second kappa shape index (κ2) is 9.83. The summed E-state index contributed by atoms with van der Waals surface area (Å²) in [7, 11) is 0. The number of alkyl halides is 2. The topological polar surface area (TPSA) is 79.0 Å². The number of carbonyl (C=O) groups excluding carboxylic acids is 3. The zero-order chi connectivity index (χ0) is 22.7. The summed E-state index contributed by atoms with van der Waals surface area (Å²) in [5.41, 5.74) is 0.0770. The number of benzene rings is 1. The molecule has 2 heterocycles. The predicted molar refractivity (Wildman–Crippen MR) is 112 cm³/mol. The van der Waals surface area contributed by atoms with Gasteiger partial charge in [0.2, 0.25) is 11.8 Å². The fourth-order valence-electron chi connectivity index (χ4n) is 4.54. The van der Waals surface area contributed by atoms with Crippen LogP contribution in [0.5, 0.6) is 5.75 Å². The molecule has 4 rings (SSSR count). The standard InChI is InChI=1S/C23H29F2N3O4/c24-23(25)32-19-6-2-1-5-18(19)22(31)28-11-3-4-16(14-28)21(30)27-12-9-17(10-13-27)26-20(29)15-7-8-15/h1-2,5-6,15-17,23H,3-4,7-14H2,(H,26,29). The minimum atomic E-state index is -3.02. The number of likely N-dealkylation sites (tertiary alicyclic amines) is 2. The van der Waals surface area contributed by atoms with Gasteiger partial charge in [-0.05, 0) is 50.7 Å². The van der Waals surface area contributed by atoms with Crippen molar-refractivity contribution in [3.05, 3.63) is 29.8 Å². The Morgan fingerprint density at radius 3 is 2.34 bits per heavy atom. The van der Waals surface area contributed by atoms with Crippen LogP contribution in [0, 0.1) is 11.8 Å². The highest BCUT2D eigenvalue weighted by Gasteiger charge is 2.35. The first-order valence-corrected chi connectivity index (χ1v) is 11.3. The van der Waals surface area contributed by atoms with Gasteiger partial charge < -0.3 is 19.9 Å². The molecule has 1 N–H and O–H groups in total. The molecule has 2 aliphatic heterocycles. The maximum absolute atomic E-state index is 13.1. The van der Waals surface area contributed by atoms with Gasteiger partial charge in [0.25, 0.3) is 5.91 Å². The molecule has 0 bridgehead atoms. The van der Waals surface area contributed by atoms with Crippen LogP contribution >= 0.6 is 0 Å².